The molecule has 0 radical (unpaired) electrons. The lowest BCUT2D eigenvalue weighted by Crippen LogP contribution is -2.09. The summed E-state index contributed by atoms with van der Waals surface area (Å²) in [6, 6.07) is 18.4. The SMILES string of the molecule is N#Cc1cn(C(=O)c2ccc(-c3ccc(F)cc3)o2)c2ccccc12. The Kier molecular flexibility index (Phi) is 3.44. The summed E-state index contributed by atoms with van der Waals surface area (Å²) in [6.07, 6.45) is 1.51. The highest BCUT2D eigenvalue weighted by Gasteiger charge is 2.18. The minimum absolute atomic E-state index is 0.143. The molecule has 2 aromatic heterocycles. The second-order valence-corrected chi connectivity index (χ2v) is 5.52. The van der Waals surface area contributed by atoms with Crippen LogP contribution in [0.15, 0.2) is 71.3 Å². The zero-order chi connectivity index (χ0) is 17.4. The molecule has 0 aliphatic heterocycles. The number of nitrogens with zero attached hydrogens (tertiary/aromatic N) is 2. The Morgan fingerprint density at radius 2 is 1.80 bits per heavy atom. The van der Waals surface area contributed by atoms with Gasteiger partial charge in [0.15, 0.2) is 5.76 Å². The summed E-state index contributed by atoms with van der Waals surface area (Å²) in [5.41, 5.74) is 1.74. The molecule has 120 valence electrons. The zero-order valence-corrected chi connectivity index (χ0v) is 12.9. The van der Waals surface area contributed by atoms with Crippen molar-refractivity contribution < 1.29 is 13.6 Å². The monoisotopic (exact) mass is 330 g/mol. The molecule has 0 amide bonds. The molecule has 5 heteroatoms. The number of nitriles is 1. The van der Waals surface area contributed by atoms with E-state index in [0.29, 0.717) is 27.8 Å². The molecule has 0 saturated heterocycles. The van der Waals surface area contributed by atoms with Gasteiger partial charge >= 0.3 is 0 Å². The normalized spacial score (nSPS) is 10.7. The van der Waals surface area contributed by atoms with Crippen LogP contribution < -0.4 is 0 Å². The van der Waals surface area contributed by atoms with Gasteiger partial charge in [-0.25, -0.2) is 4.39 Å². The van der Waals surface area contributed by atoms with Gasteiger partial charge in [0.25, 0.3) is 5.91 Å². The average molecular weight is 330 g/mol. The Morgan fingerprint density at radius 3 is 2.56 bits per heavy atom. The number of halogens is 1. The zero-order valence-electron chi connectivity index (χ0n) is 12.9. The number of carbonyl (C=O) groups excluding carboxylic acids is 1. The fourth-order valence-corrected chi connectivity index (χ4v) is 2.78. The van der Waals surface area contributed by atoms with Gasteiger partial charge in [-0.3, -0.25) is 9.36 Å². The Balaban J connectivity index is 1.75. The Labute approximate surface area is 142 Å². The largest absolute Gasteiger partial charge is 0.451 e. The summed E-state index contributed by atoms with van der Waals surface area (Å²) in [7, 11) is 0. The minimum atomic E-state index is -0.369. The molecule has 0 atom stereocenters. The third kappa shape index (κ3) is 2.50. The minimum Gasteiger partial charge on any atom is -0.451 e. The number of hydrogen-bond acceptors (Lipinski definition) is 3. The molecule has 4 aromatic rings. The number of benzene rings is 2. The van der Waals surface area contributed by atoms with E-state index in [2.05, 4.69) is 6.07 Å². The maximum Gasteiger partial charge on any atom is 0.298 e. The van der Waals surface area contributed by atoms with E-state index >= 15 is 0 Å². The van der Waals surface area contributed by atoms with Crippen LogP contribution in [0.2, 0.25) is 0 Å². The first-order valence-corrected chi connectivity index (χ1v) is 7.58. The summed E-state index contributed by atoms with van der Waals surface area (Å²) < 4.78 is 20.1. The van der Waals surface area contributed by atoms with Crippen molar-refractivity contribution in [3.63, 3.8) is 0 Å². The van der Waals surface area contributed by atoms with Crippen LogP contribution in [-0.2, 0) is 0 Å². The van der Waals surface area contributed by atoms with Crippen LogP contribution in [-0.4, -0.2) is 10.5 Å². The maximum atomic E-state index is 13.0. The second-order valence-electron chi connectivity index (χ2n) is 5.52. The number of carbonyl (C=O) groups is 1. The van der Waals surface area contributed by atoms with Crippen molar-refractivity contribution in [3.8, 4) is 17.4 Å². The summed E-state index contributed by atoms with van der Waals surface area (Å²) in [5.74, 6) is -0.0922. The number of hydrogen-bond donors (Lipinski definition) is 0. The molecule has 0 N–H and O–H groups in total. The van der Waals surface area contributed by atoms with Crippen molar-refractivity contribution in [3.05, 3.63) is 84.0 Å². The van der Waals surface area contributed by atoms with Crippen molar-refractivity contribution in [2.45, 2.75) is 0 Å². The molecular formula is C20H11FN2O2. The average Bonchev–Trinajstić information content (AvgIpc) is 3.27. The summed E-state index contributed by atoms with van der Waals surface area (Å²) in [6.45, 7) is 0. The molecule has 0 aliphatic rings. The standard InChI is InChI=1S/C20H11FN2O2/c21-15-7-5-13(6-8-15)18-9-10-19(25-18)20(24)23-12-14(11-22)16-3-1-2-4-17(16)23/h1-10,12H. The molecule has 0 saturated carbocycles. The molecule has 4 nitrogen and oxygen atoms in total. The van der Waals surface area contributed by atoms with Gasteiger partial charge in [-0.15, -0.1) is 0 Å². The van der Waals surface area contributed by atoms with Crippen molar-refractivity contribution in [2.75, 3.05) is 0 Å². The topological polar surface area (TPSA) is 58.9 Å². The van der Waals surface area contributed by atoms with Crippen molar-refractivity contribution in [2.24, 2.45) is 0 Å². The van der Waals surface area contributed by atoms with E-state index in [9.17, 15) is 14.4 Å². The maximum absolute atomic E-state index is 13.0. The molecular weight excluding hydrogens is 319 g/mol. The number of fused-ring (bicyclic) bond motifs is 1. The number of rotatable bonds is 2. The van der Waals surface area contributed by atoms with Crippen LogP contribution in [0, 0.1) is 17.1 Å². The number of aromatic nitrogens is 1. The first-order valence-electron chi connectivity index (χ1n) is 7.58. The smallest absolute Gasteiger partial charge is 0.298 e. The van der Waals surface area contributed by atoms with Gasteiger partial charge in [0, 0.05) is 17.1 Å². The third-order valence-corrected chi connectivity index (χ3v) is 4.00. The summed E-state index contributed by atoms with van der Waals surface area (Å²) in [5, 5.41) is 9.96. The van der Waals surface area contributed by atoms with E-state index in [4.69, 9.17) is 4.42 Å². The first-order chi connectivity index (χ1) is 12.2. The highest BCUT2D eigenvalue weighted by Crippen LogP contribution is 2.25. The van der Waals surface area contributed by atoms with Crippen molar-refractivity contribution in [1.82, 2.24) is 4.57 Å². The van der Waals surface area contributed by atoms with Gasteiger partial charge in [-0.1, -0.05) is 18.2 Å². The van der Waals surface area contributed by atoms with Gasteiger partial charge in [0.05, 0.1) is 11.1 Å². The third-order valence-electron chi connectivity index (χ3n) is 4.00. The van der Waals surface area contributed by atoms with Gasteiger partial charge in [0.1, 0.15) is 17.6 Å². The predicted octanol–water partition coefficient (Wildman–Crippen LogP) is 4.60. The predicted molar refractivity (Wildman–Crippen MR) is 90.5 cm³/mol. The van der Waals surface area contributed by atoms with Crippen LogP contribution in [0.1, 0.15) is 16.1 Å². The molecule has 4 rings (SSSR count). The highest BCUT2D eigenvalue weighted by atomic mass is 19.1. The van der Waals surface area contributed by atoms with Crippen LogP contribution in [0.25, 0.3) is 22.2 Å². The number of furan rings is 1. The van der Waals surface area contributed by atoms with E-state index in [1.165, 1.54) is 22.9 Å². The van der Waals surface area contributed by atoms with Crippen molar-refractivity contribution >= 4 is 16.8 Å². The Hall–Kier alpha value is -3.65. The Bertz CT molecular complexity index is 1130. The van der Waals surface area contributed by atoms with E-state index in [1.807, 2.05) is 6.07 Å². The summed E-state index contributed by atoms with van der Waals surface area (Å²) in [4.78, 5) is 12.8. The van der Waals surface area contributed by atoms with E-state index in [1.54, 1.807) is 42.5 Å². The van der Waals surface area contributed by atoms with E-state index in [-0.39, 0.29) is 17.5 Å². The fourth-order valence-electron chi connectivity index (χ4n) is 2.78. The van der Waals surface area contributed by atoms with Crippen LogP contribution >= 0.6 is 0 Å². The quantitative estimate of drug-likeness (QED) is 0.539. The summed E-state index contributed by atoms with van der Waals surface area (Å²) >= 11 is 0. The molecule has 0 spiro atoms. The molecule has 0 aliphatic carbocycles. The fraction of sp³-hybridized carbons (Fsp3) is 0. The van der Waals surface area contributed by atoms with Crippen LogP contribution in [0.3, 0.4) is 0 Å². The molecule has 0 bridgehead atoms. The van der Waals surface area contributed by atoms with Gasteiger partial charge in [-0.05, 0) is 42.5 Å². The molecule has 2 heterocycles. The van der Waals surface area contributed by atoms with Crippen molar-refractivity contribution in [1.29, 1.82) is 5.26 Å². The second kappa shape index (κ2) is 5.77. The van der Waals surface area contributed by atoms with E-state index in [0.717, 1.165) is 0 Å². The van der Waals surface area contributed by atoms with Gasteiger partial charge < -0.3 is 4.42 Å². The lowest BCUT2D eigenvalue weighted by molar-refractivity contribution is 0.0938. The van der Waals surface area contributed by atoms with E-state index < -0.39 is 0 Å². The first kappa shape index (κ1) is 14.9. The molecule has 2 aromatic carbocycles. The van der Waals surface area contributed by atoms with Crippen LogP contribution in [0.4, 0.5) is 4.39 Å². The molecule has 25 heavy (non-hydrogen) atoms. The molecule has 0 unspecified atom stereocenters. The Morgan fingerprint density at radius 1 is 1.04 bits per heavy atom. The van der Waals surface area contributed by atoms with Gasteiger partial charge in [-0.2, -0.15) is 5.26 Å². The van der Waals surface area contributed by atoms with Crippen LogP contribution in [0.5, 0.6) is 0 Å². The number of para-hydroxylation sites is 1. The molecule has 0 fully saturated rings. The highest BCUT2D eigenvalue weighted by molar-refractivity contribution is 6.02. The van der Waals surface area contributed by atoms with Gasteiger partial charge in [0.2, 0.25) is 0 Å². The lowest BCUT2D eigenvalue weighted by Gasteiger charge is -2.01. The lowest BCUT2D eigenvalue weighted by atomic mass is 10.2.